The van der Waals surface area contributed by atoms with Gasteiger partial charge in [0.25, 0.3) is 0 Å². The quantitative estimate of drug-likeness (QED) is 0.774. The summed E-state index contributed by atoms with van der Waals surface area (Å²) in [7, 11) is 0. The van der Waals surface area contributed by atoms with Crippen LogP contribution in [0, 0.1) is 0 Å². The third kappa shape index (κ3) is 1.88. The maximum absolute atomic E-state index is 5.80. The Balaban J connectivity index is 2.24. The van der Waals surface area contributed by atoms with E-state index in [0.29, 0.717) is 0 Å². The Morgan fingerprint density at radius 1 is 1.14 bits per heavy atom. The first kappa shape index (κ1) is 8.69. The number of nitrogen functional groups attached to an aromatic ring is 1. The minimum atomic E-state index is 0.737. The van der Waals surface area contributed by atoms with Gasteiger partial charge in [0.15, 0.2) is 0 Å². The van der Waals surface area contributed by atoms with Gasteiger partial charge in [-0.05, 0) is 23.8 Å². The molecule has 0 unspecified atom stereocenters. The molecule has 0 fully saturated rings. The Hall–Kier alpha value is -1.90. The molecule has 70 valence electrons. The van der Waals surface area contributed by atoms with Crippen LogP contribution in [0.5, 0.6) is 0 Å². The van der Waals surface area contributed by atoms with Crippen molar-refractivity contribution in [2.24, 2.45) is 0 Å². The molecule has 0 bridgehead atoms. The monoisotopic (exact) mass is 185 g/mol. The summed E-state index contributed by atoms with van der Waals surface area (Å²) in [6.07, 6.45) is 5.99. The lowest BCUT2D eigenvalue weighted by Crippen LogP contribution is -1.97. The van der Waals surface area contributed by atoms with E-state index in [4.69, 9.17) is 5.73 Å². The first-order chi connectivity index (χ1) is 6.86. The van der Waals surface area contributed by atoms with Gasteiger partial charge in [0.2, 0.25) is 0 Å². The summed E-state index contributed by atoms with van der Waals surface area (Å²) in [6.45, 7) is 0. The summed E-state index contributed by atoms with van der Waals surface area (Å²) in [5.74, 6) is 0. The standard InChI is InChI=1S/C11H11N3/c12-11-4-6-13-8-9(11)7-10-3-1-2-5-14-10/h1-6,8H,7H2,(H2,12,13). The van der Waals surface area contributed by atoms with Gasteiger partial charge in [-0.2, -0.15) is 0 Å². The minimum absolute atomic E-state index is 0.737. The molecule has 0 atom stereocenters. The van der Waals surface area contributed by atoms with E-state index in [1.54, 1.807) is 24.7 Å². The molecule has 14 heavy (non-hydrogen) atoms. The fraction of sp³-hybridized carbons (Fsp3) is 0.0909. The average Bonchev–Trinajstić information content (AvgIpc) is 2.23. The molecule has 0 aromatic carbocycles. The van der Waals surface area contributed by atoms with Crippen LogP contribution in [0.2, 0.25) is 0 Å². The highest BCUT2D eigenvalue weighted by molar-refractivity contribution is 5.45. The van der Waals surface area contributed by atoms with Crippen molar-refractivity contribution in [1.29, 1.82) is 0 Å². The molecule has 3 heteroatoms. The fourth-order valence-corrected chi connectivity index (χ4v) is 1.28. The minimum Gasteiger partial charge on any atom is -0.398 e. The number of hydrogen-bond donors (Lipinski definition) is 1. The highest BCUT2D eigenvalue weighted by Gasteiger charge is 2.00. The maximum Gasteiger partial charge on any atom is 0.0448 e. The molecule has 2 aromatic heterocycles. The zero-order valence-corrected chi connectivity index (χ0v) is 7.72. The molecule has 0 saturated carbocycles. The van der Waals surface area contributed by atoms with Gasteiger partial charge in [0.1, 0.15) is 0 Å². The summed E-state index contributed by atoms with van der Waals surface area (Å²) in [6, 6.07) is 7.65. The van der Waals surface area contributed by atoms with Gasteiger partial charge >= 0.3 is 0 Å². The van der Waals surface area contributed by atoms with Crippen LogP contribution in [0.15, 0.2) is 42.9 Å². The Kier molecular flexibility index (Phi) is 2.40. The largest absolute Gasteiger partial charge is 0.398 e. The predicted molar refractivity (Wildman–Crippen MR) is 55.7 cm³/mol. The number of nitrogens with zero attached hydrogens (tertiary/aromatic N) is 2. The van der Waals surface area contributed by atoms with E-state index in [1.807, 2.05) is 18.2 Å². The highest BCUT2D eigenvalue weighted by Crippen LogP contribution is 2.12. The second-order valence-corrected chi connectivity index (χ2v) is 3.07. The van der Waals surface area contributed by atoms with Gasteiger partial charge in [-0.3, -0.25) is 9.97 Å². The van der Waals surface area contributed by atoms with E-state index in [9.17, 15) is 0 Å². The van der Waals surface area contributed by atoms with Crippen molar-refractivity contribution in [3.63, 3.8) is 0 Å². The topological polar surface area (TPSA) is 51.8 Å². The van der Waals surface area contributed by atoms with Crippen LogP contribution in [0.3, 0.4) is 0 Å². The first-order valence-electron chi connectivity index (χ1n) is 4.44. The third-order valence-electron chi connectivity index (χ3n) is 2.04. The van der Waals surface area contributed by atoms with Gasteiger partial charge in [0, 0.05) is 36.4 Å². The third-order valence-corrected chi connectivity index (χ3v) is 2.04. The number of rotatable bonds is 2. The van der Waals surface area contributed by atoms with Crippen molar-refractivity contribution in [3.8, 4) is 0 Å². The SMILES string of the molecule is Nc1ccncc1Cc1ccccn1. The van der Waals surface area contributed by atoms with Crippen LogP contribution in [0.25, 0.3) is 0 Å². The van der Waals surface area contributed by atoms with E-state index in [-0.39, 0.29) is 0 Å². The number of pyridine rings is 2. The molecule has 3 nitrogen and oxygen atoms in total. The van der Waals surface area contributed by atoms with Gasteiger partial charge in [-0.1, -0.05) is 6.07 Å². The summed E-state index contributed by atoms with van der Waals surface area (Å²) >= 11 is 0. The van der Waals surface area contributed by atoms with Crippen LogP contribution < -0.4 is 5.73 Å². The molecule has 0 amide bonds. The van der Waals surface area contributed by atoms with E-state index >= 15 is 0 Å². The summed E-state index contributed by atoms with van der Waals surface area (Å²) in [5.41, 5.74) is 8.60. The molecular weight excluding hydrogens is 174 g/mol. The van der Waals surface area contributed by atoms with Crippen molar-refractivity contribution in [1.82, 2.24) is 9.97 Å². The van der Waals surface area contributed by atoms with Crippen molar-refractivity contribution in [3.05, 3.63) is 54.1 Å². The molecule has 0 aliphatic heterocycles. The van der Waals surface area contributed by atoms with Crippen molar-refractivity contribution in [2.75, 3.05) is 5.73 Å². The Morgan fingerprint density at radius 2 is 2.07 bits per heavy atom. The molecule has 0 saturated heterocycles. The van der Waals surface area contributed by atoms with Crippen LogP contribution >= 0.6 is 0 Å². The Bertz CT molecular complexity index is 412. The molecule has 0 radical (unpaired) electrons. The van der Waals surface area contributed by atoms with Crippen LogP contribution in [0.4, 0.5) is 5.69 Å². The number of anilines is 1. The molecule has 0 aliphatic rings. The van der Waals surface area contributed by atoms with E-state index < -0.39 is 0 Å². The van der Waals surface area contributed by atoms with Gasteiger partial charge in [0.05, 0.1) is 0 Å². The number of aromatic nitrogens is 2. The van der Waals surface area contributed by atoms with Crippen LogP contribution in [-0.4, -0.2) is 9.97 Å². The predicted octanol–water partition coefficient (Wildman–Crippen LogP) is 1.65. The smallest absolute Gasteiger partial charge is 0.0448 e. The lowest BCUT2D eigenvalue weighted by Gasteiger charge is -2.03. The summed E-state index contributed by atoms with van der Waals surface area (Å²) in [4.78, 5) is 8.27. The lowest BCUT2D eigenvalue weighted by molar-refractivity contribution is 1.06. The van der Waals surface area contributed by atoms with E-state index in [0.717, 1.165) is 23.4 Å². The summed E-state index contributed by atoms with van der Waals surface area (Å²) in [5, 5.41) is 0. The molecule has 2 rings (SSSR count). The molecule has 0 spiro atoms. The molecule has 2 N–H and O–H groups in total. The van der Waals surface area contributed by atoms with E-state index in [2.05, 4.69) is 9.97 Å². The van der Waals surface area contributed by atoms with Crippen molar-refractivity contribution < 1.29 is 0 Å². The number of hydrogen-bond acceptors (Lipinski definition) is 3. The highest BCUT2D eigenvalue weighted by atomic mass is 14.7. The molecule has 0 aliphatic carbocycles. The van der Waals surface area contributed by atoms with Gasteiger partial charge in [-0.15, -0.1) is 0 Å². The fourth-order valence-electron chi connectivity index (χ4n) is 1.28. The lowest BCUT2D eigenvalue weighted by atomic mass is 10.1. The molecule has 2 heterocycles. The Morgan fingerprint density at radius 3 is 2.79 bits per heavy atom. The number of nitrogens with two attached hydrogens (primary N) is 1. The van der Waals surface area contributed by atoms with E-state index in [1.165, 1.54) is 0 Å². The molecular formula is C11H11N3. The van der Waals surface area contributed by atoms with Crippen molar-refractivity contribution in [2.45, 2.75) is 6.42 Å². The molecule has 2 aromatic rings. The second kappa shape index (κ2) is 3.87. The maximum atomic E-state index is 5.80. The first-order valence-corrected chi connectivity index (χ1v) is 4.44. The van der Waals surface area contributed by atoms with Crippen molar-refractivity contribution >= 4 is 5.69 Å². The van der Waals surface area contributed by atoms with Gasteiger partial charge in [-0.25, -0.2) is 0 Å². The zero-order chi connectivity index (χ0) is 9.80. The Labute approximate surface area is 82.6 Å². The van der Waals surface area contributed by atoms with Crippen LogP contribution in [-0.2, 0) is 6.42 Å². The second-order valence-electron chi connectivity index (χ2n) is 3.07. The average molecular weight is 185 g/mol. The zero-order valence-electron chi connectivity index (χ0n) is 7.72. The van der Waals surface area contributed by atoms with Crippen LogP contribution in [0.1, 0.15) is 11.3 Å². The van der Waals surface area contributed by atoms with Gasteiger partial charge < -0.3 is 5.73 Å². The summed E-state index contributed by atoms with van der Waals surface area (Å²) < 4.78 is 0. The normalized spacial score (nSPS) is 10.0.